The van der Waals surface area contributed by atoms with Gasteiger partial charge in [0.2, 0.25) is 0 Å². The van der Waals surface area contributed by atoms with Crippen LogP contribution in [-0.4, -0.2) is 14.9 Å². The van der Waals surface area contributed by atoms with E-state index in [1.807, 2.05) is 11.8 Å². The number of fused-ring (bicyclic) bond motifs is 2. The van der Waals surface area contributed by atoms with E-state index in [9.17, 15) is 0 Å². The van der Waals surface area contributed by atoms with Crippen molar-refractivity contribution in [2.45, 2.75) is 9.79 Å². The lowest BCUT2D eigenvalue weighted by atomic mass is 9.96. The normalized spacial score (nSPS) is 13.2. The Morgan fingerprint density at radius 3 is 2.47 bits per heavy atom. The van der Waals surface area contributed by atoms with Crippen LogP contribution >= 0.6 is 34.4 Å². The third kappa shape index (κ3) is 1.97. The summed E-state index contributed by atoms with van der Waals surface area (Å²) >= 11 is 4.24. The number of hydrogen-bond acceptors (Lipinski definition) is 2. The molecule has 0 N–H and O–H groups in total. The zero-order valence-corrected chi connectivity index (χ0v) is 12.7. The first-order chi connectivity index (χ1) is 8.15. The van der Waals surface area contributed by atoms with Crippen LogP contribution in [0, 0.1) is 3.57 Å². The number of benzene rings is 2. The highest BCUT2D eigenvalue weighted by Crippen LogP contribution is 2.47. The fraction of sp³-hybridized carbons (Fsp3) is 0.0769. The second kappa shape index (κ2) is 4.25. The van der Waals surface area contributed by atoms with Crippen LogP contribution in [0.4, 0.5) is 11.4 Å². The Labute approximate surface area is 120 Å². The van der Waals surface area contributed by atoms with Crippen LogP contribution < -0.4 is 10.4 Å². The third-order valence-electron chi connectivity index (χ3n) is 2.98. The van der Waals surface area contributed by atoms with Crippen LogP contribution in [0.1, 0.15) is 0 Å². The maximum Gasteiger partial charge on any atom is 0.139 e. The third-order valence-corrected chi connectivity index (χ3v) is 4.74. The SMILES string of the molecule is Bc1ccc2c(c1)Sc1cc(I)ccc1N2C. The van der Waals surface area contributed by atoms with Crippen LogP contribution in [0.2, 0.25) is 0 Å². The zero-order chi connectivity index (χ0) is 12.0. The molecule has 0 bridgehead atoms. The highest BCUT2D eigenvalue weighted by atomic mass is 127. The summed E-state index contributed by atoms with van der Waals surface area (Å²) in [7, 11) is 4.28. The second-order valence-corrected chi connectivity index (χ2v) is 6.57. The molecule has 0 saturated heterocycles. The van der Waals surface area contributed by atoms with Crippen LogP contribution in [-0.2, 0) is 0 Å². The van der Waals surface area contributed by atoms with Gasteiger partial charge < -0.3 is 4.90 Å². The van der Waals surface area contributed by atoms with Crippen molar-refractivity contribution in [1.82, 2.24) is 0 Å². The minimum Gasteiger partial charge on any atom is -0.343 e. The van der Waals surface area contributed by atoms with Gasteiger partial charge in [-0.3, -0.25) is 0 Å². The lowest BCUT2D eigenvalue weighted by Crippen LogP contribution is -2.16. The van der Waals surface area contributed by atoms with Crippen molar-refractivity contribution in [2.24, 2.45) is 0 Å². The lowest BCUT2D eigenvalue weighted by molar-refractivity contribution is 1.11. The van der Waals surface area contributed by atoms with Crippen LogP contribution in [0.5, 0.6) is 0 Å². The molecular weight excluding hydrogens is 340 g/mol. The molecule has 2 aromatic rings. The zero-order valence-electron chi connectivity index (χ0n) is 9.70. The summed E-state index contributed by atoms with van der Waals surface area (Å²) in [5, 5.41) is 0. The van der Waals surface area contributed by atoms with E-state index in [1.54, 1.807) is 0 Å². The molecule has 1 aliphatic heterocycles. The summed E-state index contributed by atoms with van der Waals surface area (Å²) in [5.74, 6) is 0. The fourth-order valence-corrected chi connectivity index (χ4v) is 4.06. The van der Waals surface area contributed by atoms with E-state index in [-0.39, 0.29) is 0 Å². The molecule has 0 atom stereocenters. The van der Waals surface area contributed by atoms with Gasteiger partial charge in [-0.15, -0.1) is 0 Å². The van der Waals surface area contributed by atoms with E-state index in [0.717, 1.165) is 0 Å². The Morgan fingerprint density at radius 1 is 1.06 bits per heavy atom. The van der Waals surface area contributed by atoms with Crippen molar-refractivity contribution in [3.63, 3.8) is 0 Å². The summed E-state index contributed by atoms with van der Waals surface area (Å²) in [6.07, 6.45) is 0. The van der Waals surface area contributed by atoms with Gasteiger partial charge in [-0.1, -0.05) is 29.4 Å². The minimum absolute atomic E-state index is 1.29. The average molecular weight is 351 g/mol. The topological polar surface area (TPSA) is 3.24 Å². The van der Waals surface area contributed by atoms with Crippen molar-refractivity contribution in [1.29, 1.82) is 0 Å². The Balaban J connectivity index is 2.17. The Morgan fingerprint density at radius 2 is 1.71 bits per heavy atom. The number of halogens is 1. The minimum atomic E-state index is 1.29. The van der Waals surface area contributed by atoms with E-state index in [2.05, 4.69) is 78.8 Å². The molecule has 0 radical (unpaired) electrons. The van der Waals surface area contributed by atoms with Crippen molar-refractivity contribution < 1.29 is 0 Å². The van der Waals surface area contributed by atoms with Crippen molar-refractivity contribution in [3.05, 3.63) is 40.0 Å². The molecule has 2 aromatic carbocycles. The first-order valence-corrected chi connectivity index (χ1v) is 7.36. The molecule has 17 heavy (non-hydrogen) atoms. The standard InChI is InChI=1S/C13H11BINS/c1-16-10-4-2-8(14)6-12(10)17-13-7-9(15)3-5-11(13)16/h2-7H,14H2,1H3. The molecule has 0 saturated carbocycles. The van der Waals surface area contributed by atoms with Gasteiger partial charge in [0.25, 0.3) is 0 Å². The molecule has 0 amide bonds. The molecule has 0 aromatic heterocycles. The van der Waals surface area contributed by atoms with Gasteiger partial charge in [0.05, 0.1) is 11.4 Å². The Kier molecular flexibility index (Phi) is 2.87. The van der Waals surface area contributed by atoms with Gasteiger partial charge in [0, 0.05) is 20.4 Å². The predicted octanol–water partition coefficient (Wildman–Crippen LogP) is 2.78. The first-order valence-electron chi connectivity index (χ1n) is 5.47. The molecular formula is C13H11BINS. The summed E-state index contributed by atoms with van der Waals surface area (Å²) in [6.45, 7) is 0. The summed E-state index contributed by atoms with van der Waals surface area (Å²) in [4.78, 5) is 4.97. The molecule has 0 aliphatic carbocycles. The average Bonchev–Trinajstić information content (AvgIpc) is 2.28. The fourth-order valence-electron chi connectivity index (χ4n) is 2.08. The molecule has 3 rings (SSSR count). The molecule has 0 unspecified atom stereocenters. The monoisotopic (exact) mass is 351 g/mol. The van der Waals surface area contributed by atoms with E-state index in [0.29, 0.717) is 0 Å². The number of hydrogen-bond donors (Lipinski definition) is 0. The quantitative estimate of drug-likeness (QED) is 0.531. The van der Waals surface area contributed by atoms with Crippen LogP contribution in [0.3, 0.4) is 0 Å². The van der Waals surface area contributed by atoms with Gasteiger partial charge >= 0.3 is 0 Å². The predicted molar refractivity (Wildman–Crippen MR) is 86.0 cm³/mol. The number of anilines is 2. The van der Waals surface area contributed by atoms with Crippen LogP contribution in [0.25, 0.3) is 0 Å². The molecule has 0 fully saturated rings. The molecule has 1 nitrogen and oxygen atoms in total. The van der Waals surface area contributed by atoms with Gasteiger partial charge in [0.15, 0.2) is 0 Å². The van der Waals surface area contributed by atoms with Gasteiger partial charge in [-0.25, -0.2) is 0 Å². The second-order valence-electron chi connectivity index (χ2n) is 4.24. The Bertz CT molecular complexity index is 548. The van der Waals surface area contributed by atoms with Gasteiger partial charge in [-0.2, -0.15) is 0 Å². The summed E-state index contributed by atoms with van der Waals surface area (Å²) in [6, 6.07) is 13.3. The van der Waals surface area contributed by atoms with E-state index in [4.69, 9.17) is 0 Å². The van der Waals surface area contributed by atoms with Crippen LogP contribution in [0.15, 0.2) is 46.2 Å². The molecule has 1 aliphatic rings. The van der Waals surface area contributed by atoms with E-state index in [1.165, 1.54) is 30.2 Å². The highest BCUT2D eigenvalue weighted by molar-refractivity contribution is 14.1. The van der Waals surface area contributed by atoms with E-state index >= 15 is 0 Å². The summed E-state index contributed by atoms with van der Waals surface area (Å²) < 4.78 is 1.29. The largest absolute Gasteiger partial charge is 0.343 e. The lowest BCUT2D eigenvalue weighted by Gasteiger charge is -2.29. The molecule has 4 heteroatoms. The van der Waals surface area contributed by atoms with Gasteiger partial charge in [0.1, 0.15) is 7.85 Å². The smallest absolute Gasteiger partial charge is 0.139 e. The molecule has 0 spiro atoms. The van der Waals surface area contributed by atoms with Crippen molar-refractivity contribution in [2.75, 3.05) is 11.9 Å². The number of rotatable bonds is 0. The maximum absolute atomic E-state index is 2.37. The first kappa shape index (κ1) is 11.5. The molecule has 1 heterocycles. The Hall–Kier alpha value is -0.615. The van der Waals surface area contributed by atoms with Crippen molar-refractivity contribution in [3.8, 4) is 0 Å². The van der Waals surface area contributed by atoms with E-state index < -0.39 is 0 Å². The number of nitrogens with zero attached hydrogens (tertiary/aromatic N) is 1. The maximum atomic E-state index is 2.37. The highest BCUT2D eigenvalue weighted by Gasteiger charge is 2.20. The molecule has 84 valence electrons. The van der Waals surface area contributed by atoms with Crippen molar-refractivity contribution >= 4 is 59.0 Å². The van der Waals surface area contributed by atoms with Gasteiger partial charge in [-0.05, 0) is 46.9 Å². The summed E-state index contributed by atoms with van der Waals surface area (Å²) in [5.41, 5.74) is 3.92.